The van der Waals surface area contributed by atoms with Crippen molar-refractivity contribution in [2.75, 3.05) is 13.2 Å². The molecule has 0 aliphatic carbocycles. The second kappa shape index (κ2) is 11.5. The number of ether oxygens (including phenoxy) is 2. The molecular formula is C23H25N3O4. The molecule has 2 aromatic carbocycles. The third kappa shape index (κ3) is 7.47. The van der Waals surface area contributed by atoms with Gasteiger partial charge in [0.25, 0.3) is 0 Å². The van der Waals surface area contributed by atoms with E-state index in [-0.39, 0.29) is 31.6 Å². The molecule has 0 spiro atoms. The van der Waals surface area contributed by atoms with Gasteiger partial charge in [0.15, 0.2) is 5.54 Å². The molecule has 7 nitrogen and oxygen atoms in total. The summed E-state index contributed by atoms with van der Waals surface area (Å²) in [5.41, 5.74) is -0.156. The number of nitrogens with zero attached hydrogens (tertiary/aromatic N) is 3. The predicted molar refractivity (Wildman–Crippen MR) is 111 cm³/mol. The van der Waals surface area contributed by atoms with Crippen LogP contribution in [0.3, 0.4) is 0 Å². The van der Waals surface area contributed by atoms with Gasteiger partial charge in [-0.2, -0.15) is 15.5 Å². The van der Waals surface area contributed by atoms with Crippen molar-refractivity contribution in [3.63, 3.8) is 0 Å². The van der Waals surface area contributed by atoms with Crippen LogP contribution in [-0.2, 0) is 9.47 Å². The van der Waals surface area contributed by atoms with Gasteiger partial charge in [0, 0.05) is 12.8 Å². The Morgan fingerprint density at radius 1 is 0.967 bits per heavy atom. The Labute approximate surface area is 176 Å². The molecule has 2 unspecified atom stereocenters. The number of hydrogen-bond donors (Lipinski definition) is 0. The number of benzene rings is 2. The average molecular weight is 407 g/mol. The van der Waals surface area contributed by atoms with E-state index in [1.54, 1.807) is 55.5 Å². The fourth-order valence-electron chi connectivity index (χ4n) is 2.39. The van der Waals surface area contributed by atoms with Gasteiger partial charge < -0.3 is 9.47 Å². The highest BCUT2D eigenvalue weighted by Crippen LogP contribution is 2.17. The Hall–Kier alpha value is -3.53. The molecule has 0 aliphatic heterocycles. The molecule has 2 aromatic rings. The minimum Gasteiger partial charge on any atom is -0.462 e. The van der Waals surface area contributed by atoms with Gasteiger partial charge in [-0.25, -0.2) is 9.59 Å². The number of azo groups is 1. The molecular weight excluding hydrogens is 382 g/mol. The second-order valence-electron chi connectivity index (χ2n) is 6.99. The fraction of sp³-hybridized carbons (Fsp3) is 0.348. The van der Waals surface area contributed by atoms with E-state index in [0.29, 0.717) is 17.5 Å². The van der Waals surface area contributed by atoms with Crippen molar-refractivity contribution in [3.05, 3.63) is 71.8 Å². The zero-order valence-electron chi connectivity index (χ0n) is 17.2. The van der Waals surface area contributed by atoms with Crippen molar-refractivity contribution in [3.8, 4) is 6.07 Å². The van der Waals surface area contributed by atoms with Gasteiger partial charge in [-0.3, -0.25) is 0 Å². The van der Waals surface area contributed by atoms with E-state index < -0.39 is 11.5 Å². The molecule has 0 saturated heterocycles. The van der Waals surface area contributed by atoms with E-state index in [1.807, 2.05) is 19.1 Å². The van der Waals surface area contributed by atoms with Gasteiger partial charge in [0.2, 0.25) is 0 Å². The first kappa shape index (κ1) is 22.8. The average Bonchev–Trinajstić information content (AvgIpc) is 2.78. The lowest BCUT2D eigenvalue weighted by molar-refractivity contribution is 0.0476. The zero-order valence-corrected chi connectivity index (χ0v) is 17.2. The molecule has 0 fully saturated rings. The molecule has 0 amide bonds. The lowest BCUT2D eigenvalue weighted by Crippen LogP contribution is -2.23. The van der Waals surface area contributed by atoms with E-state index in [2.05, 4.69) is 16.3 Å². The first-order valence-corrected chi connectivity index (χ1v) is 9.71. The predicted octanol–water partition coefficient (Wildman–Crippen LogP) is 4.60. The quantitative estimate of drug-likeness (QED) is 0.423. The summed E-state index contributed by atoms with van der Waals surface area (Å²) in [4.78, 5) is 23.9. The van der Waals surface area contributed by atoms with Gasteiger partial charge >= 0.3 is 11.9 Å². The highest BCUT2D eigenvalue weighted by Gasteiger charge is 2.24. The summed E-state index contributed by atoms with van der Waals surface area (Å²) >= 11 is 0. The summed E-state index contributed by atoms with van der Waals surface area (Å²) in [5.74, 6) is -0.830. The largest absolute Gasteiger partial charge is 0.462 e. The van der Waals surface area contributed by atoms with Gasteiger partial charge in [0.1, 0.15) is 0 Å². The monoisotopic (exact) mass is 407 g/mol. The third-order valence-electron chi connectivity index (χ3n) is 4.33. The van der Waals surface area contributed by atoms with Crippen LogP contribution in [0.4, 0.5) is 0 Å². The number of carbonyl (C=O) groups is 2. The van der Waals surface area contributed by atoms with Crippen LogP contribution >= 0.6 is 0 Å². The van der Waals surface area contributed by atoms with Crippen LogP contribution in [0.15, 0.2) is 70.9 Å². The standard InChI is InChI=1S/C23H25N3O4/c1-18(13-15-29-21(27)19-9-5-3-6-10-19)25-26-23(2,17-24)14-16-30-22(28)20-11-7-4-8-12-20/h3-12,18H,13-16H2,1-2H3. The highest BCUT2D eigenvalue weighted by atomic mass is 16.5. The molecule has 0 heterocycles. The van der Waals surface area contributed by atoms with Gasteiger partial charge in [-0.05, 0) is 38.1 Å². The minimum atomic E-state index is -1.11. The zero-order chi connectivity index (χ0) is 21.8. The Morgan fingerprint density at radius 3 is 1.97 bits per heavy atom. The maximum Gasteiger partial charge on any atom is 0.338 e. The van der Waals surface area contributed by atoms with Crippen molar-refractivity contribution in [2.45, 2.75) is 38.3 Å². The number of rotatable bonds is 10. The molecule has 0 bridgehead atoms. The fourth-order valence-corrected chi connectivity index (χ4v) is 2.39. The second-order valence-corrected chi connectivity index (χ2v) is 6.99. The van der Waals surface area contributed by atoms with Crippen LogP contribution in [0.5, 0.6) is 0 Å². The van der Waals surface area contributed by atoms with E-state index in [9.17, 15) is 14.9 Å². The van der Waals surface area contributed by atoms with Crippen molar-refractivity contribution < 1.29 is 19.1 Å². The summed E-state index contributed by atoms with van der Waals surface area (Å²) < 4.78 is 10.4. The molecule has 0 N–H and O–H groups in total. The van der Waals surface area contributed by atoms with Crippen LogP contribution < -0.4 is 0 Å². The van der Waals surface area contributed by atoms with Crippen molar-refractivity contribution in [2.24, 2.45) is 10.2 Å². The van der Waals surface area contributed by atoms with E-state index in [0.717, 1.165) is 0 Å². The molecule has 2 atom stereocenters. The number of nitriles is 1. The molecule has 30 heavy (non-hydrogen) atoms. The van der Waals surface area contributed by atoms with Crippen LogP contribution in [0.1, 0.15) is 47.4 Å². The molecule has 0 saturated carbocycles. The Bertz CT molecular complexity index is 894. The van der Waals surface area contributed by atoms with Crippen LogP contribution in [0, 0.1) is 11.3 Å². The summed E-state index contributed by atoms with van der Waals surface area (Å²) in [6, 6.07) is 19.3. The molecule has 0 aromatic heterocycles. The third-order valence-corrected chi connectivity index (χ3v) is 4.33. The lowest BCUT2D eigenvalue weighted by Gasteiger charge is -2.16. The van der Waals surface area contributed by atoms with Crippen molar-refractivity contribution in [1.82, 2.24) is 0 Å². The summed E-state index contributed by atoms with van der Waals surface area (Å²) in [5, 5.41) is 17.7. The first-order chi connectivity index (χ1) is 14.4. The van der Waals surface area contributed by atoms with Gasteiger partial charge in [-0.15, -0.1) is 0 Å². The summed E-state index contributed by atoms with van der Waals surface area (Å²) in [6.45, 7) is 3.72. The summed E-state index contributed by atoms with van der Waals surface area (Å²) in [6.07, 6.45) is 0.702. The maximum atomic E-state index is 12.0. The van der Waals surface area contributed by atoms with Gasteiger partial charge in [0.05, 0.1) is 36.5 Å². The van der Waals surface area contributed by atoms with Crippen molar-refractivity contribution in [1.29, 1.82) is 5.26 Å². The molecule has 156 valence electrons. The summed E-state index contributed by atoms with van der Waals surface area (Å²) in [7, 11) is 0. The van der Waals surface area contributed by atoms with Crippen LogP contribution in [0.25, 0.3) is 0 Å². The van der Waals surface area contributed by atoms with E-state index in [1.165, 1.54) is 0 Å². The smallest absolute Gasteiger partial charge is 0.338 e. The number of esters is 2. The van der Waals surface area contributed by atoms with Gasteiger partial charge in [-0.1, -0.05) is 36.4 Å². The molecule has 0 aliphatic rings. The van der Waals surface area contributed by atoms with E-state index in [4.69, 9.17) is 9.47 Å². The lowest BCUT2D eigenvalue weighted by atomic mass is 10.0. The molecule has 7 heteroatoms. The van der Waals surface area contributed by atoms with Crippen LogP contribution in [0.2, 0.25) is 0 Å². The Kier molecular flexibility index (Phi) is 8.70. The SMILES string of the molecule is CC(CCOC(=O)c1ccccc1)N=NC(C)(C#N)CCOC(=O)c1ccccc1. The Morgan fingerprint density at radius 2 is 1.47 bits per heavy atom. The van der Waals surface area contributed by atoms with E-state index >= 15 is 0 Å². The normalized spacial score (nSPS) is 13.8. The van der Waals surface area contributed by atoms with Crippen LogP contribution in [-0.4, -0.2) is 36.7 Å². The van der Waals surface area contributed by atoms with Crippen molar-refractivity contribution >= 4 is 11.9 Å². The number of hydrogen-bond acceptors (Lipinski definition) is 7. The maximum absolute atomic E-state index is 12.0. The highest BCUT2D eigenvalue weighted by molar-refractivity contribution is 5.89. The number of carbonyl (C=O) groups excluding carboxylic acids is 2. The molecule has 0 radical (unpaired) electrons. The minimum absolute atomic E-state index is 0.0554. The topological polar surface area (TPSA) is 101 Å². The molecule has 2 rings (SSSR count). The first-order valence-electron chi connectivity index (χ1n) is 9.71. The Balaban J connectivity index is 1.75.